The van der Waals surface area contributed by atoms with Crippen molar-refractivity contribution in [1.29, 1.82) is 0 Å². The highest BCUT2D eigenvalue weighted by molar-refractivity contribution is 5.62. The van der Waals surface area contributed by atoms with Crippen molar-refractivity contribution in [3.05, 3.63) is 18.3 Å². The zero-order chi connectivity index (χ0) is 11.7. The van der Waals surface area contributed by atoms with Gasteiger partial charge in [0.1, 0.15) is 0 Å². The molecule has 2 N–H and O–H groups in total. The van der Waals surface area contributed by atoms with Crippen molar-refractivity contribution in [2.75, 3.05) is 30.4 Å². The van der Waals surface area contributed by atoms with Gasteiger partial charge in [0.25, 0.3) is 0 Å². The molecule has 0 spiro atoms. The van der Waals surface area contributed by atoms with E-state index in [0.29, 0.717) is 12.0 Å². The third-order valence-electron chi connectivity index (χ3n) is 3.92. The Morgan fingerprint density at radius 3 is 3.24 bits per heavy atom. The van der Waals surface area contributed by atoms with E-state index in [4.69, 9.17) is 10.5 Å². The van der Waals surface area contributed by atoms with Gasteiger partial charge in [-0.05, 0) is 25.0 Å². The molecule has 0 unspecified atom stereocenters. The number of pyridine rings is 1. The summed E-state index contributed by atoms with van der Waals surface area (Å²) in [6.07, 6.45) is 5.63. The molecular weight excluding hydrogens is 214 g/mol. The second-order valence-corrected chi connectivity index (χ2v) is 4.94. The summed E-state index contributed by atoms with van der Waals surface area (Å²) < 4.78 is 5.69. The van der Waals surface area contributed by atoms with Gasteiger partial charge in [0.15, 0.2) is 5.82 Å². The molecule has 1 aromatic rings. The molecule has 4 nitrogen and oxygen atoms in total. The normalized spacial score (nSPS) is 28.8. The zero-order valence-corrected chi connectivity index (χ0v) is 10.0. The molecule has 0 radical (unpaired) electrons. The Morgan fingerprint density at radius 2 is 2.35 bits per heavy atom. The summed E-state index contributed by atoms with van der Waals surface area (Å²) in [5, 5.41) is 0. The smallest absolute Gasteiger partial charge is 0.152 e. The van der Waals surface area contributed by atoms with E-state index >= 15 is 0 Å². The molecule has 1 aliphatic heterocycles. The topological polar surface area (TPSA) is 51.4 Å². The Hall–Kier alpha value is -1.29. The molecule has 0 amide bonds. The lowest BCUT2D eigenvalue weighted by Gasteiger charge is -2.31. The molecule has 1 saturated heterocycles. The minimum absolute atomic E-state index is 0.565. The second-order valence-electron chi connectivity index (χ2n) is 4.94. The van der Waals surface area contributed by atoms with Gasteiger partial charge in [-0.25, -0.2) is 4.98 Å². The minimum Gasteiger partial charge on any atom is -0.396 e. The first kappa shape index (κ1) is 10.8. The molecule has 2 aliphatic rings. The van der Waals surface area contributed by atoms with E-state index < -0.39 is 0 Å². The Labute approximate surface area is 102 Å². The summed E-state index contributed by atoms with van der Waals surface area (Å²) in [5.74, 6) is 1.59. The fourth-order valence-electron chi connectivity index (χ4n) is 3.10. The first-order valence-electron chi connectivity index (χ1n) is 6.41. The summed E-state index contributed by atoms with van der Waals surface area (Å²) in [5.41, 5.74) is 6.82. The van der Waals surface area contributed by atoms with Crippen molar-refractivity contribution in [2.24, 2.45) is 5.92 Å². The Bertz CT molecular complexity index is 396. The average Bonchev–Trinajstić information content (AvgIpc) is 2.71. The highest BCUT2D eigenvalue weighted by atomic mass is 16.5. The molecule has 2 fully saturated rings. The van der Waals surface area contributed by atoms with Crippen LogP contribution in [0.3, 0.4) is 0 Å². The van der Waals surface area contributed by atoms with E-state index in [1.165, 1.54) is 19.3 Å². The van der Waals surface area contributed by atoms with Gasteiger partial charge in [-0.1, -0.05) is 6.42 Å². The maximum Gasteiger partial charge on any atom is 0.152 e. The molecule has 4 heteroatoms. The largest absolute Gasteiger partial charge is 0.396 e. The van der Waals surface area contributed by atoms with Crippen LogP contribution in [0.15, 0.2) is 18.3 Å². The predicted octanol–water partition coefficient (Wildman–Crippen LogP) is 1.67. The van der Waals surface area contributed by atoms with Crippen LogP contribution in [-0.2, 0) is 4.74 Å². The number of hydrogen-bond donors (Lipinski definition) is 1. The van der Waals surface area contributed by atoms with E-state index in [1.807, 2.05) is 18.3 Å². The van der Waals surface area contributed by atoms with Crippen molar-refractivity contribution in [1.82, 2.24) is 4.98 Å². The lowest BCUT2D eigenvalue weighted by Crippen LogP contribution is -2.39. The fourth-order valence-corrected chi connectivity index (χ4v) is 3.10. The number of nitrogens with zero attached hydrogens (tertiary/aromatic N) is 2. The monoisotopic (exact) mass is 233 g/mol. The van der Waals surface area contributed by atoms with Crippen molar-refractivity contribution >= 4 is 11.5 Å². The van der Waals surface area contributed by atoms with Crippen molar-refractivity contribution in [3.63, 3.8) is 0 Å². The molecule has 2 atom stereocenters. The summed E-state index contributed by atoms with van der Waals surface area (Å²) in [6.45, 7) is 2.58. The van der Waals surface area contributed by atoms with Gasteiger partial charge < -0.3 is 15.4 Å². The molecule has 1 aliphatic carbocycles. The van der Waals surface area contributed by atoms with Gasteiger partial charge in [0.05, 0.1) is 18.9 Å². The Balaban J connectivity index is 1.92. The minimum atomic E-state index is 0.565. The fraction of sp³-hybridized carbons (Fsp3) is 0.615. The van der Waals surface area contributed by atoms with Crippen LogP contribution in [0.25, 0.3) is 0 Å². The van der Waals surface area contributed by atoms with Crippen LogP contribution < -0.4 is 10.6 Å². The average molecular weight is 233 g/mol. The zero-order valence-electron chi connectivity index (χ0n) is 10.0. The number of nitrogens with two attached hydrogens (primary N) is 1. The van der Waals surface area contributed by atoms with Crippen LogP contribution in [0.4, 0.5) is 11.5 Å². The maximum absolute atomic E-state index is 6.04. The van der Waals surface area contributed by atoms with E-state index in [1.54, 1.807) is 0 Å². The van der Waals surface area contributed by atoms with Crippen LogP contribution in [0.2, 0.25) is 0 Å². The summed E-state index contributed by atoms with van der Waals surface area (Å²) in [7, 11) is 0. The van der Waals surface area contributed by atoms with E-state index in [9.17, 15) is 0 Å². The van der Waals surface area contributed by atoms with E-state index in [0.717, 1.165) is 31.3 Å². The lowest BCUT2D eigenvalue weighted by atomic mass is 10.0. The van der Waals surface area contributed by atoms with Crippen molar-refractivity contribution < 1.29 is 4.74 Å². The van der Waals surface area contributed by atoms with Gasteiger partial charge in [0, 0.05) is 24.7 Å². The standard InChI is InChI=1S/C13H19N3O/c14-11-4-2-6-15-13(11)16-7-8-17-9-10-3-1-5-12(10)16/h2,4,6,10,12H,1,3,5,7-9,14H2/t10-,12+/m1/s1. The third kappa shape index (κ3) is 1.97. The molecule has 0 aromatic carbocycles. The van der Waals surface area contributed by atoms with E-state index in [-0.39, 0.29) is 0 Å². The van der Waals surface area contributed by atoms with Crippen molar-refractivity contribution in [2.45, 2.75) is 25.3 Å². The van der Waals surface area contributed by atoms with Crippen LogP contribution in [0.1, 0.15) is 19.3 Å². The number of nitrogen functional groups attached to an aromatic ring is 1. The maximum atomic E-state index is 6.04. The number of ether oxygens (including phenoxy) is 1. The van der Waals surface area contributed by atoms with Gasteiger partial charge in [-0.15, -0.1) is 0 Å². The van der Waals surface area contributed by atoms with Gasteiger partial charge in [-0.2, -0.15) is 0 Å². The molecule has 1 saturated carbocycles. The molecule has 92 valence electrons. The lowest BCUT2D eigenvalue weighted by molar-refractivity contribution is 0.121. The Morgan fingerprint density at radius 1 is 1.41 bits per heavy atom. The molecular formula is C13H19N3O. The predicted molar refractivity (Wildman–Crippen MR) is 67.9 cm³/mol. The Kier molecular flexibility index (Phi) is 2.89. The third-order valence-corrected chi connectivity index (χ3v) is 3.92. The molecule has 2 heterocycles. The van der Waals surface area contributed by atoms with Gasteiger partial charge in [-0.3, -0.25) is 0 Å². The van der Waals surface area contributed by atoms with Gasteiger partial charge in [0.2, 0.25) is 0 Å². The highest BCUT2D eigenvalue weighted by Crippen LogP contribution is 2.35. The second kappa shape index (κ2) is 4.53. The first-order valence-corrected chi connectivity index (χ1v) is 6.41. The highest BCUT2D eigenvalue weighted by Gasteiger charge is 2.35. The molecule has 17 heavy (non-hydrogen) atoms. The number of hydrogen-bond acceptors (Lipinski definition) is 4. The number of anilines is 2. The van der Waals surface area contributed by atoms with Crippen molar-refractivity contribution in [3.8, 4) is 0 Å². The number of aromatic nitrogens is 1. The van der Waals surface area contributed by atoms with Gasteiger partial charge >= 0.3 is 0 Å². The SMILES string of the molecule is Nc1cccnc1N1CCOC[C@H]2CCC[C@@H]21. The quantitative estimate of drug-likeness (QED) is 0.801. The number of rotatable bonds is 1. The summed E-state index contributed by atoms with van der Waals surface area (Å²) >= 11 is 0. The molecule has 1 aromatic heterocycles. The van der Waals surface area contributed by atoms with Crippen LogP contribution >= 0.6 is 0 Å². The van der Waals surface area contributed by atoms with Crippen LogP contribution in [-0.4, -0.2) is 30.8 Å². The molecule has 3 rings (SSSR count). The summed E-state index contributed by atoms with van der Waals surface area (Å²) in [6, 6.07) is 4.38. The first-order chi connectivity index (χ1) is 8.36. The number of fused-ring (bicyclic) bond motifs is 1. The molecule has 0 bridgehead atoms. The van der Waals surface area contributed by atoms with E-state index in [2.05, 4.69) is 9.88 Å². The summed E-state index contributed by atoms with van der Waals surface area (Å²) in [4.78, 5) is 6.81. The van der Waals surface area contributed by atoms with Crippen LogP contribution in [0.5, 0.6) is 0 Å². The van der Waals surface area contributed by atoms with Crippen LogP contribution in [0, 0.1) is 5.92 Å².